The molecule has 0 radical (unpaired) electrons. The highest BCUT2D eigenvalue weighted by Gasteiger charge is 2.09. The van der Waals surface area contributed by atoms with E-state index >= 15 is 0 Å². The molecule has 0 fully saturated rings. The summed E-state index contributed by atoms with van der Waals surface area (Å²) < 4.78 is 0. The zero-order valence-corrected chi connectivity index (χ0v) is 11.2. The molecule has 1 heterocycles. The van der Waals surface area contributed by atoms with E-state index in [0.717, 1.165) is 15.6 Å². The molecule has 0 aliphatic carbocycles. The number of nitrogens with zero attached hydrogens (tertiary/aromatic N) is 1. The molecule has 0 saturated heterocycles. The fourth-order valence-corrected chi connectivity index (χ4v) is 2.39. The number of pyridine rings is 1. The Morgan fingerprint density at radius 1 is 1.25 bits per heavy atom. The molecule has 0 spiro atoms. The summed E-state index contributed by atoms with van der Waals surface area (Å²) in [6, 6.07) is 8.05. The Morgan fingerprint density at radius 3 is 2.62 bits per heavy atom. The molecule has 3 heteroatoms. The Bertz CT molecular complexity index is 523. The number of hydrogen-bond acceptors (Lipinski definition) is 2. The molecule has 2 rings (SSSR count). The number of halogens is 1. The molecule has 0 saturated carbocycles. The SMILES string of the molecule is CSc1cc(C(C)C)c2cc(Cl)ccc2n1. The van der Waals surface area contributed by atoms with Gasteiger partial charge in [0.05, 0.1) is 10.5 Å². The van der Waals surface area contributed by atoms with Gasteiger partial charge in [0.15, 0.2) is 0 Å². The van der Waals surface area contributed by atoms with Gasteiger partial charge in [0.1, 0.15) is 0 Å². The van der Waals surface area contributed by atoms with Crippen molar-refractivity contribution in [2.75, 3.05) is 6.26 Å². The van der Waals surface area contributed by atoms with Crippen LogP contribution in [0.2, 0.25) is 5.02 Å². The first-order valence-electron chi connectivity index (χ1n) is 5.26. The predicted molar refractivity (Wildman–Crippen MR) is 72.6 cm³/mol. The minimum absolute atomic E-state index is 0.481. The number of aromatic nitrogens is 1. The minimum Gasteiger partial charge on any atom is -0.241 e. The highest BCUT2D eigenvalue weighted by Crippen LogP contribution is 2.29. The van der Waals surface area contributed by atoms with Crippen LogP contribution in [0.5, 0.6) is 0 Å². The van der Waals surface area contributed by atoms with Crippen LogP contribution >= 0.6 is 23.4 Å². The summed E-state index contributed by atoms with van der Waals surface area (Å²) in [7, 11) is 0. The van der Waals surface area contributed by atoms with E-state index in [1.165, 1.54) is 10.9 Å². The zero-order chi connectivity index (χ0) is 11.7. The Kier molecular flexibility index (Phi) is 3.41. The van der Waals surface area contributed by atoms with Crippen LogP contribution in [0.3, 0.4) is 0 Å². The third-order valence-electron chi connectivity index (χ3n) is 2.61. The van der Waals surface area contributed by atoms with Crippen LogP contribution in [0.15, 0.2) is 29.3 Å². The molecule has 0 aliphatic heterocycles. The number of benzene rings is 1. The van der Waals surface area contributed by atoms with Gasteiger partial charge in [-0.2, -0.15) is 0 Å². The lowest BCUT2D eigenvalue weighted by Gasteiger charge is -2.11. The average Bonchev–Trinajstić information content (AvgIpc) is 2.27. The van der Waals surface area contributed by atoms with E-state index in [0.29, 0.717) is 5.92 Å². The molecule has 0 atom stereocenters. The van der Waals surface area contributed by atoms with Gasteiger partial charge in [-0.1, -0.05) is 25.4 Å². The standard InChI is InChI=1S/C13H14ClNS/c1-8(2)10-7-13(16-3)15-12-5-4-9(14)6-11(10)12/h4-8H,1-3H3. The largest absolute Gasteiger partial charge is 0.241 e. The summed E-state index contributed by atoms with van der Waals surface area (Å²) in [5, 5.41) is 3.01. The molecule has 0 amide bonds. The summed E-state index contributed by atoms with van der Waals surface area (Å²) in [5.74, 6) is 0.481. The lowest BCUT2D eigenvalue weighted by atomic mass is 9.99. The summed E-state index contributed by atoms with van der Waals surface area (Å²) >= 11 is 7.71. The normalized spacial score (nSPS) is 11.3. The quantitative estimate of drug-likeness (QED) is 0.716. The molecule has 0 bridgehead atoms. The van der Waals surface area contributed by atoms with Crippen molar-refractivity contribution in [3.63, 3.8) is 0 Å². The number of rotatable bonds is 2. The molecule has 0 aliphatic rings. The summed E-state index contributed by atoms with van der Waals surface area (Å²) in [4.78, 5) is 4.58. The zero-order valence-electron chi connectivity index (χ0n) is 9.62. The van der Waals surface area contributed by atoms with E-state index in [9.17, 15) is 0 Å². The lowest BCUT2D eigenvalue weighted by Crippen LogP contribution is -1.93. The first-order chi connectivity index (χ1) is 7.61. The van der Waals surface area contributed by atoms with Crippen molar-refractivity contribution in [3.05, 3.63) is 34.9 Å². The topological polar surface area (TPSA) is 12.9 Å². The molecule has 16 heavy (non-hydrogen) atoms. The molecule has 84 valence electrons. The second-order valence-corrected chi connectivity index (χ2v) is 5.33. The third kappa shape index (κ3) is 2.18. The first-order valence-corrected chi connectivity index (χ1v) is 6.86. The summed E-state index contributed by atoms with van der Waals surface area (Å²) in [5.41, 5.74) is 2.34. The Hall–Kier alpha value is -0.730. The van der Waals surface area contributed by atoms with Crippen LogP contribution in [0.25, 0.3) is 10.9 Å². The van der Waals surface area contributed by atoms with Crippen molar-refractivity contribution >= 4 is 34.3 Å². The first kappa shape index (κ1) is 11.7. The minimum atomic E-state index is 0.481. The predicted octanol–water partition coefficient (Wildman–Crippen LogP) is 4.73. The summed E-state index contributed by atoms with van der Waals surface area (Å²) in [6.45, 7) is 4.39. The average molecular weight is 252 g/mol. The smallest absolute Gasteiger partial charge is 0.0967 e. The van der Waals surface area contributed by atoms with Crippen molar-refractivity contribution in [2.45, 2.75) is 24.8 Å². The van der Waals surface area contributed by atoms with E-state index in [2.05, 4.69) is 24.9 Å². The maximum atomic E-state index is 6.04. The van der Waals surface area contributed by atoms with Crippen molar-refractivity contribution in [1.29, 1.82) is 0 Å². The molecule has 1 aromatic heterocycles. The Labute approximate surface area is 105 Å². The van der Waals surface area contributed by atoms with Crippen LogP contribution in [0, 0.1) is 0 Å². The number of thioether (sulfide) groups is 1. The summed E-state index contributed by atoms with van der Waals surface area (Å²) in [6.07, 6.45) is 2.05. The third-order valence-corrected chi connectivity index (χ3v) is 3.47. The van der Waals surface area contributed by atoms with Crippen molar-refractivity contribution < 1.29 is 0 Å². The fraction of sp³-hybridized carbons (Fsp3) is 0.308. The van der Waals surface area contributed by atoms with Gasteiger partial charge >= 0.3 is 0 Å². The van der Waals surface area contributed by atoms with Crippen LogP contribution in [0.4, 0.5) is 0 Å². The van der Waals surface area contributed by atoms with Crippen LogP contribution in [-0.2, 0) is 0 Å². The van der Waals surface area contributed by atoms with Crippen LogP contribution < -0.4 is 0 Å². The molecule has 1 aromatic carbocycles. The van der Waals surface area contributed by atoms with Gasteiger partial charge in [0, 0.05) is 10.4 Å². The van der Waals surface area contributed by atoms with Gasteiger partial charge in [0.25, 0.3) is 0 Å². The molecule has 0 unspecified atom stereocenters. The van der Waals surface area contributed by atoms with Gasteiger partial charge < -0.3 is 0 Å². The van der Waals surface area contributed by atoms with Gasteiger partial charge in [0.2, 0.25) is 0 Å². The lowest BCUT2D eigenvalue weighted by molar-refractivity contribution is 0.867. The van der Waals surface area contributed by atoms with E-state index in [1.807, 2.05) is 24.5 Å². The van der Waals surface area contributed by atoms with Gasteiger partial charge in [-0.25, -0.2) is 4.98 Å². The number of fused-ring (bicyclic) bond motifs is 1. The van der Waals surface area contributed by atoms with Crippen molar-refractivity contribution in [2.24, 2.45) is 0 Å². The Balaban J connectivity index is 2.77. The number of hydrogen-bond donors (Lipinski definition) is 0. The van der Waals surface area contributed by atoms with Gasteiger partial charge in [-0.05, 0) is 42.0 Å². The Morgan fingerprint density at radius 2 is 2.00 bits per heavy atom. The fourth-order valence-electron chi connectivity index (χ4n) is 1.78. The molecular formula is C13H14ClNS. The highest BCUT2D eigenvalue weighted by atomic mass is 35.5. The maximum absolute atomic E-state index is 6.04. The van der Waals surface area contributed by atoms with E-state index in [-0.39, 0.29) is 0 Å². The van der Waals surface area contributed by atoms with Gasteiger partial charge in [-0.3, -0.25) is 0 Å². The maximum Gasteiger partial charge on any atom is 0.0967 e. The van der Waals surface area contributed by atoms with Crippen molar-refractivity contribution in [1.82, 2.24) is 4.98 Å². The molecule has 0 N–H and O–H groups in total. The van der Waals surface area contributed by atoms with Crippen LogP contribution in [-0.4, -0.2) is 11.2 Å². The van der Waals surface area contributed by atoms with Crippen LogP contribution in [0.1, 0.15) is 25.3 Å². The molecular weight excluding hydrogens is 238 g/mol. The highest BCUT2D eigenvalue weighted by molar-refractivity contribution is 7.98. The van der Waals surface area contributed by atoms with E-state index < -0.39 is 0 Å². The monoisotopic (exact) mass is 251 g/mol. The second kappa shape index (κ2) is 4.64. The van der Waals surface area contributed by atoms with Gasteiger partial charge in [-0.15, -0.1) is 11.8 Å². The second-order valence-electron chi connectivity index (χ2n) is 4.07. The van der Waals surface area contributed by atoms with E-state index in [1.54, 1.807) is 11.8 Å². The molecule has 1 nitrogen and oxygen atoms in total. The van der Waals surface area contributed by atoms with Crippen molar-refractivity contribution in [3.8, 4) is 0 Å². The van der Waals surface area contributed by atoms with E-state index in [4.69, 9.17) is 11.6 Å². The molecule has 2 aromatic rings.